The van der Waals surface area contributed by atoms with Crippen molar-refractivity contribution < 1.29 is 4.79 Å². The van der Waals surface area contributed by atoms with Gasteiger partial charge >= 0.3 is 0 Å². The average molecular weight is 288 g/mol. The summed E-state index contributed by atoms with van der Waals surface area (Å²) in [6, 6.07) is 18.7. The molecule has 0 saturated heterocycles. The second-order valence-corrected chi connectivity index (χ2v) is 7.10. The Bertz CT molecular complexity index is 774. The van der Waals surface area contributed by atoms with Crippen molar-refractivity contribution in [3.63, 3.8) is 0 Å². The molecule has 2 aromatic rings. The summed E-state index contributed by atoms with van der Waals surface area (Å²) >= 11 is 0. The summed E-state index contributed by atoms with van der Waals surface area (Å²) in [5, 5.41) is 0. The molecule has 22 heavy (non-hydrogen) atoms. The van der Waals surface area contributed by atoms with E-state index in [-0.39, 0.29) is 5.41 Å². The van der Waals surface area contributed by atoms with Crippen LogP contribution < -0.4 is 0 Å². The second kappa shape index (κ2) is 4.42. The van der Waals surface area contributed by atoms with Crippen molar-refractivity contribution in [2.75, 3.05) is 0 Å². The summed E-state index contributed by atoms with van der Waals surface area (Å²) in [5.74, 6) is 0.361. The third-order valence-corrected chi connectivity index (χ3v) is 5.64. The summed E-state index contributed by atoms with van der Waals surface area (Å²) in [6.45, 7) is 6.59. The molecule has 0 spiro atoms. The largest absolute Gasteiger partial charge is 0.299 e. The Labute approximate surface area is 131 Å². The standard InChI is InChI=1S/C21H20O/c1-15(16-8-4-3-5-9-16)21-12-17-10-6-7-11-18(17)20(2,14-21)13-19(21)22/h3-11H,1,12-14H2,2H3/t20-,21+/m1/s1. The molecule has 2 aliphatic rings. The van der Waals surface area contributed by atoms with Gasteiger partial charge in [-0.2, -0.15) is 0 Å². The highest BCUT2D eigenvalue weighted by Gasteiger charge is 2.57. The Morgan fingerprint density at radius 3 is 2.45 bits per heavy atom. The van der Waals surface area contributed by atoms with Gasteiger partial charge in [0.25, 0.3) is 0 Å². The van der Waals surface area contributed by atoms with E-state index in [1.807, 2.05) is 18.2 Å². The molecule has 0 aliphatic heterocycles. The van der Waals surface area contributed by atoms with Gasteiger partial charge in [0.05, 0.1) is 5.41 Å². The van der Waals surface area contributed by atoms with Gasteiger partial charge in [0.15, 0.2) is 0 Å². The number of rotatable bonds is 2. The SMILES string of the molecule is C=C(c1ccccc1)[C@@]12Cc3ccccc3[C@](C)(CC1=O)C2. The highest BCUT2D eigenvalue weighted by Crippen LogP contribution is 2.59. The van der Waals surface area contributed by atoms with Gasteiger partial charge in [-0.3, -0.25) is 4.79 Å². The van der Waals surface area contributed by atoms with Crippen molar-refractivity contribution in [3.05, 3.63) is 77.9 Å². The van der Waals surface area contributed by atoms with Gasteiger partial charge in [0, 0.05) is 11.8 Å². The van der Waals surface area contributed by atoms with E-state index < -0.39 is 5.41 Å². The van der Waals surface area contributed by atoms with Crippen LogP contribution in [0.1, 0.15) is 36.5 Å². The fourth-order valence-electron chi connectivity index (χ4n) is 4.59. The zero-order valence-corrected chi connectivity index (χ0v) is 12.9. The molecule has 0 N–H and O–H groups in total. The zero-order valence-electron chi connectivity index (χ0n) is 12.9. The Kier molecular flexibility index (Phi) is 2.72. The van der Waals surface area contributed by atoms with Crippen molar-refractivity contribution in [2.45, 2.75) is 31.6 Å². The van der Waals surface area contributed by atoms with Crippen LogP contribution in [0.2, 0.25) is 0 Å². The molecule has 0 radical (unpaired) electrons. The van der Waals surface area contributed by atoms with E-state index in [0.29, 0.717) is 12.2 Å². The maximum atomic E-state index is 13.0. The van der Waals surface area contributed by atoms with E-state index in [9.17, 15) is 4.79 Å². The van der Waals surface area contributed by atoms with E-state index in [1.165, 1.54) is 11.1 Å². The van der Waals surface area contributed by atoms with Crippen molar-refractivity contribution in [2.24, 2.45) is 5.41 Å². The highest BCUT2D eigenvalue weighted by molar-refractivity contribution is 6.01. The first-order valence-electron chi connectivity index (χ1n) is 7.92. The van der Waals surface area contributed by atoms with Crippen molar-refractivity contribution in [1.82, 2.24) is 0 Å². The summed E-state index contributed by atoms with van der Waals surface area (Å²) in [4.78, 5) is 13.0. The number of hydrogen-bond acceptors (Lipinski definition) is 1. The fourth-order valence-corrected chi connectivity index (χ4v) is 4.59. The normalized spacial score (nSPS) is 29.2. The molecule has 2 aromatic carbocycles. The van der Waals surface area contributed by atoms with Crippen molar-refractivity contribution in [3.8, 4) is 0 Å². The van der Waals surface area contributed by atoms with Gasteiger partial charge in [0.2, 0.25) is 0 Å². The molecule has 110 valence electrons. The van der Waals surface area contributed by atoms with Crippen LogP contribution in [0.25, 0.3) is 5.57 Å². The minimum absolute atomic E-state index is 0.0380. The summed E-state index contributed by atoms with van der Waals surface area (Å²) < 4.78 is 0. The molecule has 1 nitrogen and oxygen atoms in total. The van der Waals surface area contributed by atoms with Crippen molar-refractivity contribution >= 4 is 11.4 Å². The quantitative estimate of drug-likeness (QED) is 0.791. The zero-order chi connectivity index (χ0) is 15.4. The van der Waals surface area contributed by atoms with Gasteiger partial charge in [-0.05, 0) is 35.1 Å². The monoisotopic (exact) mass is 288 g/mol. The highest BCUT2D eigenvalue weighted by atomic mass is 16.1. The summed E-state index contributed by atoms with van der Waals surface area (Å²) in [5.41, 5.74) is 4.32. The lowest BCUT2D eigenvalue weighted by atomic mass is 9.63. The smallest absolute Gasteiger partial charge is 0.144 e. The maximum absolute atomic E-state index is 13.0. The first-order valence-corrected chi connectivity index (χ1v) is 7.92. The molecule has 0 aromatic heterocycles. The van der Waals surface area contributed by atoms with Gasteiger partial charge in [-0.25, -0.2) is 0 Å². The molecule has 0 amide bonds. The van der Waals surface area contributed by atoms with E-state index in [2.05, 4.69) is 49.9 Å². The lowest BCUT2D eigenvalue weighted by Gasteiger charge is -2.39. The topological polar surface area (TPSA) is 17.1 Å². The van der Waals surface area contributed by atoms with Crippen LogP contribution in [0, 0.1) is 5.41 Å². The van der Waals surface area contributed by atoms with E-state index in [4.69, 9.17) is 0 Å². The fraction of sp³-hybridized carbons (Fsp3) is 0.286. The van der Waals surface area contributed by atoms with Crippen LogP contribution in [0.15, 0.2) is 61.2 Å². The molecule has 0 unspecified atom stereocenters. The van der Waals surface area contributed by atoms with Gasteiger partial charge < -0.3 is 0 Å². The molecule has 1 saturated carbocycles. The molecular weight excluding hydrogens is 268 g/mol. The Morgan fingerprint density at radius 2 is 1.68 bits per heavy atom. The van der Waals surface area contributed by atoms with E-state index in [0.717, 1.165) is 24.0 Å². The third-order valence-electron chi connectivity index (χ3n) is 5.64. The number of allylic oxidation sites excluding steroid dienone is 1. The number of carbonyl (C=O) groups is 1. The van der Waals surface area contributed by atoms with Gasteiger partial charge in [0.1, 0.15) is 5.78 Å². The molecule has 2 bridgehead atoms. The number of benzene rings is 2. The minimum Gasteiger partial charge on any atom is -0.299 e. The molecule has 1 fully saturated rings. The lowest BCUT2D eigenvalue weighted by molar-refractivity contribution is -0.123. The maximum Gasteiger partial charge on any atom is 0.144 e. The number of ketones is 1. The number of Topliss-reactive ketones (excluding diaryl/α,β-unsaturated/α-hetero) is 1. The van der Waals surface area contributed by atoms with Gasteiger partial charge in [-0.1, -0.05) is 68.1 Å². The minimum atomic E-state index is -0.412. The summed E-state index contributed by atoms with van der Waals surface area (Å²) in [7, 11) is 0. The second-order valence-electron chi connectivity index (χ2n) is 7.10. The number of hydrogen-bond donors (Lipinski definition) is 0. The Balaban J connectivity index is 1.86. The lowest BCUT2D eigenvalue weighted by Crippen LogP contribution is -2.35. The summed E-state index contributed by atoms with van der Waals surface area (Å²) in [6.07, 6.45) is 2.32. The van der Waals surface area contributed by atoms with Crippen LogP contribution >= 0.6 is 0 Å². The number of fused-ring (bicyclic) bond motifs is 4. The van der Waals surface area contributed by atoms with Crippen LogP contribution in [-0.2, 0) is 16.6 Å². The predicted octanol–water partition coefficient (Wildman–Crippen LogP) is 4.56. The van der Waals surface area contributed by atoms with Crippen LogP contribution in [0.3, 0.4) is 0 Å². The molecular formula is C21H20O. The first kappa shape index (κ1) is 13.5. The van der Waals surface area contributed by atoms with Crippen molar-refractivity contribution in [1.29, 1.82) is 0 Å². The van der Waals surface area contributed by atoms with E-state index >= 15 is 0 Å². The van der Waals surface area contributed by atoms with Crippen LogP contribution in [-0.4, -0.2) is 5.78 Å². The number of carbonyl (C=O) groups excluding carboxylic acids is 1. The third kappa shape index (κ3) is 1.68. The predicted molar refractivity (Wildman–Crippen MR) is 89.6 cm³/mol. The van der Waals surface area contributed by atoms with Gasteiger partial charge in [-0.15, -0.1) is 0 Å². The molecule has 0 heterocycles. The molecule has 1 heteroatoms. The van der Waals surface area contributed by atoms with Crippen LogP contribution in [0.4, 0.5) is 0 Å². The molecule has 4 rings (SSSR count). The molecule has 2 atom stereocenters. The average Bonchev–Trinajstić information content (AvgIpc) is 2.75. The van der Waals surface area contributed by atoms with Crippen LogP contribution in [0.5, 0.6) is 0 Å². The van der Waals surface area contributed by atoms with E-state index in [1.54, 1.807) is 0 Å². The molecule has 2 aliphatic carbocycles. The first-order chi connectivity index (χ1) is 10.6. The Hall–Kier alpha value is -2.15. The Morgan fingerprint density at radius 1 is 1.00 bits per heavy atom.